The highest BCUT2D eigenvalue weighted by molar-refractivity contribution is 8.02. The maximum atomic E-state index is 11.4. The number of carbonyl (C=O) groups is 1. The Kier molecular flexibility index (Phi) is 7.41. The fourth-order valence-corrected chi connectivity index (χ4v) is 2.08. The summed E-state index contributed by atoms with van der Waals surface area (Å²) in [7, 11) is 0. The molecule has 110 valence electrons. The second-order valence-corrected chi connectivity index (χ2v) is 6.21. The minimum absolute atomic E-state index is 0.0109. The molecule has 0 aromatic heterocycles. The Hall–Kier alpha value is -1.26. The minimum Gasteiger partial charge on any atom is -0.458 e. The number of esters is 1. The predicted octanol–water partition coefficient (Wildman–Crippen LogP) is 4.04. The minimum atomic E-state index is -0.452. The van der Waals surface area contributed by atoms with Crippen molar-refractivity contribution in [2.75, 3.05) is 13.2 Å². The highest BCUT2D eigenvalue weighted by atomic mass is 32.2. The molecule has 1 aromatic carbocycles. The zero-order valence-electron chi connectivity index (χ0n) is 12.3. The van der Waals surface area contributed by atoms with E-state index in [0.29, 0.717) is 6.61 Å². The van der Waals surface area contributed by atoms with Gasteiger partial charge < -0.3 is 9.47 Å². The van der Waals surface area contributed by atoms with E-state index in [-0.39, 0.29) is 12.6 Å². The van der Waals surface area contributed by atoms with Crippen molar-refractivity contribution in [3.63, 3.8) is 0 Å². The van der Waals surface area contributed by atoms with E-state index in [2.05, 4.69) is 12.1 Å². The van der Waals surface area contributed by atoms with E-state index >= 15 is 0 Å². The Labute approximate surface area is 125 Å². The molecule has 0 aliphatic rings. The van der Waals surface area contributed by atoms with Crippen LogP contribution in [-0.2, 0) is 14.3 Å². The number of hydrogen-bond donors (Lipinski definition) is 0. The zero-order valence-corrected chi connectivity index (χ0v) is 13.1. The highest BCUT2D eigenvalue weighted by Crippen LogP contribution is 2.18. The smallest absolute Gasteiger partial charge is 0.332 e. The average molecular weight is 294 g/mol. The molecule has 0 atom stereocenters. The first-order chi connectivity index (χ1) is 9.47. The quantitative estimate of drug-likeness (QED) is 0.432. The third kappa shape index (κ3) is 8.77. The van der Waals surface area contributed by atoms with E-state index in [1.165, 1.54) is 4.90 Å². The van der Waals surface area contributed by atoms with Gasteiger partial charge in [-0.15, -0.1) is 0 Å². The van der Waals surface area contributed by atoms with Gasteiger partial charge in [0.15, 0.2) is 0 Å². The van der Waals surface area contributed by atoms with Crippen molar-refractivity contribution >= 4 is 17.7 Å². The fraction of sp³-hybridized carbons (Fsp3) is 0.438. The lowest BCUT2D eigenvalue weighted by atomic mass is 10.2. The number of carbonyl (C=O) groups excluding carboxylic acids is 1. The first-order valence-electron chi connectivity index (χ1n) is 6.64. The maximum absolute atomic E-state index is 11.4. The van der Waals surface area contributed by atoms with Crippen molar-refractivity contribution in [2.45, 2.75) is 37.7 Å². The lowest BCUT2D eigenvalue weighted by molar-refractivity contribution is -0.160. The third-order valence-corrected chi connectivity index (χ3v) is 2.99. The summed E-state index contributed by atoms with van der Waals surface area (Å²) in [4.78, 5) is 12.6. The van der Waals surface area contributed by atoms with Gasteiger partial charge in [0, 0.05) is 4.90 Å². The molecule has 0 aliphatic carbocycles. The number of ether oxygens (including phenoxy) is 2. The maximum Gasteiger partial charge on any atom is 0.332 e. The van der Waals surface area contributed by atoms with E-state index in [1.54, 1.807) is 11.8 Å². The lowest BCUT2D eigenvalue weighted by Gasteiger charge is -2.19. The summed E-state index contributed by atoms with van der Waals surface area (Å²) in [6, 6.07) is 10.2. The Morgan fingerprint density at radius 2 is 1.95 bits per heavy atom. The molecule has 0 aliphatic heterocycles. The first kappa shape index (κ1) is 16.8. The summed E-state index contributed by atoms with van der Waals surface area (Å²) >= 11 is 1.66. The first-order valence-corrected chi connectivity index (χ1v) is 7.52. The summed E-state index contributed by atoms with van der Waals surface area (Å²) in [6.07, 6.45) is 2.81. The molecular weight excluding hydrogens is 272 g/mol. The fourth-order valence-electron chi connectivity index (χ4n) is 1.37. The normalized spacial score (nSPS) is 11.8. The molecule has 3 nitrogen and oxygen atoms in total. The Morgan fingerprint density at radius 3 is 2.60 bits per heavy atom. The van der Waals surface area contributed by atoms with Crippen molar-refractivity contribution in [1.29, 1.82) is 0 Å². The van der Waals surface area contributed by atoms with Crippen molar-refractivity contribution in [2.24, 2.45) is 0 Å². The monoisotopic (exact) mass is 294 g/mol. The van der Waals surface area contributed by atoms with Crippen LogP contribution in [0.15, 0.2) is 46.7 Å². The Balaban J connectivity index is 2.06. The molecule has 0 fully saturated rings. The van der Waals surface area contributed by atoms with Gasteiger partial charge in [0.25, 0.3) is 0 Å². The average Bonchev–Trinajstić information content (AvgIpc) is 2.37. The topological polar surface area (TPSA) is 35.5 Å². The number of hydrogen-bond acceptors (Lipinski definition) is 4. The van der Waals surface area contributed by atoms with E-state index in [0.717, 1.165) is 6.42 Å². The van der Waals surface area contributed by atoms with Gasteiger partial charge in [-0.25, -0.2) is 4.79 Å². The van der Waals surface area contributed by atoms with E-state index in [9.17, 15) is 4.79 Å². The van der Waals surface area contributed by atoms with Gasteiger partial charge >= 0.3 is 5.97 Å². The third-order valence-electron chi connectivity index (χ3n) is 2.11. The van der Waals surface area contributed by atoms with Crippen LogP contribution in [0.2, 0.25) is 0 Å². The second kappa shape index (κ2) is 8.82. The van der Waals surface area contributed by atoms with Crippen LogP contribution in [0.5, 0.6) is 0 Å². The molecule has 0 unspecified atom stereocenters. The van der Waals surface area contributed by atoms with Crippen LogP contribution in [0.25, 0.3) is 0 Å². The van der Waals surface area contributed by atoms with Crippen molar-refractivity contribution in [3.05, 3.63) is 41.8 Å². The Bertz CT molecular complexity index is 421. The van der Waals surface area contributed by atoms with Crippen LogP contribution in [0, 0.1) is 0 Å². The van der Waals surface area contributed by atoms with Gasteiger partial charge in [0.2, 0.25) is 0 Å². The van der Waals surface area contributed by atoms with E-state index in [4.69, 9.17) is 9.47 Å². The SMILES string of the molecule is CC(C)(C)OC(=O)COCC/C=C/Sc1ccccc1. The van der Waals surface area contributed by atoms with Crippen LogP contribution < -0.4 is 0 Å². The standard InChI is InChI=1S/C16H22O3S/c1-16(2,3)19-15(17)13-18-11-7-8-12-20-14-9-5-4-6-10-14/h4-6,8-10,12H,7,11,13H2,1-3H3/b12-8+. The molecule has 1 aromatic rings. The number of benzene rings is 1. The molecule has 1 rings (SSSR count). The molecule has 0 saturated heterocycles. The van der Waals surface area contributed by atoms with Gasteiger partial charge in [-0.1, -0.05) is 36.0 Å². The van der Waals surface area contributed by atoms with Crippen LogP contribution in [0.1, 0.15) is 27.2 Å². The van der Waals surface area contributed by atoms with Crippen molar-refractivity contribution in [3.8, 4) is 0 Å². The predicted molar refractivity (Wildman–Crippen MR) is 82.7 cm³/mol. The molecule has 4 heteroatoms. The second-order valence-electron chi connectivity index (χ2n) is 5.23. The molecule has 0 amide bonds. The largest absolute Gasteiger partial charge is 0.458 e. The highest BCUT2D eigenvalue weighted by Gasteiger charge is 2.15. The zero-order chi connectivity index (χ0) is 14.8. The summed E-state index contributed by atoms with van der Waals surface area (Å²) in [5, 5.41) is 2.03. The van der Waals surface area contributed by atoms with E-state index in [1.807, 2.05) is 50.5 Å². The summed E-state index contributed by atoms with van der Waals surface area (Å²) in [5.74, 6) is -0.319. The van der Waals surface area contributed by atoms with Crippen LogP contribution in [0.3, 0.4) is 0 Å². The van der Waals surface area contributed by atoms with Gasteiger partial charge in [0.1, 0.15) is 12.2 Å². The van der Waals surface area contributed by atoms with Crippen molar-refractivity contribution < 1.29 is 14.3 Å². The summed E-state index contributed by atoms with van der Waals surface area (Å²) in [5.41, 5.74) is -0.452. The summed E-state index contributed by atoms with van der Waals surface area (Å²) in [6.45, 7) is 6.05. The van der Waals surface area contributed by atoms with Gasteiger partial charge in [-0.05, 0) is 44.7 Å². The molecule has 0 saturated carbocycles. The lowest BCUT2D eigenvalue weighted by Crippen LogP contribution is -2.26. The molecule has 0 N–H and O–H groups in total. The van der Waals surface area contributed by atoms with Crippen LogP contribution in [0.4, 0.5) is 0 Å². The van der Waals surface area contributed by atoms with Gasteiger partial charge in [-0.2, -0.15) is 0 Å². The van der Waals surface area contributed by atoms with Crippen LogP contribution >= 0.6 is 11.8 Å². The molecule has 0 spiro atoms. The van der Waals surface area contributed by atoms with Gasteiger partial charge in [0.05, 0.1) is 6.61 Å². The Morgan fingerprint density at radius 1 is 1.25 bits per heavy atom. The van der Waals surface area contributed by atoms with Crippen molar-refractivity contribution in [1.82, 2.24) is 0 Å². The molecule has 0 heterocycles. The number of rotatable bonds is 7. The van der Waals surface area contributed by atoms with E-state index < -0.39 is 5.60 Å². The number of thioether (sulfide) groups is 1. The molecule has 0 bridgehead atoms. The van der Waals surface area contributed by atoms with Gasteiger partial charge in [-0.3, -0.25) is 0 Å². The van der Waals surface area contributed by atoms with Crippen LogP contribution in [-0.4, -0.2) is 24.8 Å². The molecule has 0 radical (unpaired) electrons. The summed E-state index contributed by atoms with van der Waals surface area (Å²) < 4.78 is 10.4. The molecular formula is C16H22O3S. The molecule has 20 heavy (non-hydrogen) atoms.